The maximum absolute atomic E-state index is 13.3. The van der Waals surface area contributed by atoms with Crippen LogP contribution in [0.5, 0.6) is 5.75 Å². The first-order valence-corrected chi connectivity index (χ1v) is 9.77. The van der Waals surface area contributed by atoms with Gasteiger partial charge in [-0.25, -0.2) is 4.79 Å². The summed E-state index contributed by atoms with van der Waals surface area (Å²) in [6.45, 7) is 5.77. The molecule has 2 aromatic carbocycles. The van der Waals surface area contributed by atoms with Crippen molar-refractivity contribution in [2.75, 3.05) is 6.61 Å². The molecule has 0 spiro atoms. The fourth-order valence-electron chi connectivity index (χ4n) is 4.86. The fourth-order valence-corrected chi connectivity index (χ4v) is 4.86. The van der Waals surface area contributed by atoms with Crippen LogP contribution in [-0.4, -0.2) is 24.3 Å². The van der Waals surface area contributed by atoms with Crippen molar-refractivity contribution in [3.8, 4) is 5.75 Å². The van der Waals surface area contributed by atoms with Crippen LogP contribution in [0.2, 0.25) is 0 Å². The number of ether oxygens (including phenoxy) is 2. The molecule has 2 unspecified atom stereocenters. The highest BCUT2D eigenvalue weighted by molar-refractivity contribution is 6.11. The molecule has 5 nitrogen and oxygen atoms in total. The van der Waals surface area contributed by atoms with Gasteiger partial charge in [0.25, 0.3) is 0 Å². The number of carbonyl (C=O) groups excluding carboxylic acids is 3. The number of hydrogen-bond acceptors (Lipinski definition) is 5. The third-order valence-electron chi connectivity index (χ3n) is 6.52. The van der Waals surface area contributed by atoms with Crippen molar-refractivity contribution in [2.45, 2.75) is 40.0 Å². The number of esters is 2. The van der Waals surface area contributed by atoms with E-state index in [1.165, 1.54) is 0 Å². The number of benzene rings is 2. The molecule has 2 aromatic rings. The molecule has 0 radical (unpaired) electrons. The molecule has 28 heavy (non-hydrogen) atoms. The second-order valence-electron chi connectivity index (χ2n) is 8.35. The molecular formula is C23H24O5. The van der Waals surface area contributed by atoms with E-state index in [1.54, 1.807) is 25.1 Å². The third-order valence-corrected chi connectivity index (χ3v) is 6.52. The zero-order chi connectivity index (χ0) is 20.1. The lowest BCUT2D eigenvalue weighted by Crippen LogP contribution is -2.44. The highest BCUT2D eigenvalue weighted by atomic mass is 16.5. The quantitative estimate of drug-likeness (QED) is 0.449. The summed E-state index contributed by atoms with van der Waals surface area (Å²) < 4.78 is 11.0. The smallest absolute Gasteiger partial charge is 0.341 e. The van der Waals surface area contributed by atoms with Gasteiger partial charge in [0.2, 0.25) is 0 Å². The van der Waals surface area contributed by atoms with Gasteiger partial charge in [-0.05, 0) is 43.6 Å². The first-order chi connectivity index (χ1) is 13.3. The molecule has 4 rings (SSSR count). The van der Waals surface area contributed by atoms with Gasteiger partial charge in [0.15, 0.2) is 11.5 Å². The maximum Gasteiger partial charge on any atom is 0.341 e. The number of fused-ring (bicyclic) bond motifs is 3. The Kier molecular flexibility index (Phi) is 4.29. The van der Waals surface area contributed by atoms with E-state index in [4.69, 9.17) is 9.47 Å². The summed E-state index contributed by atoms with van der Waals surface area (Å²) in [4.78, 5) is 38.8. The van der Waals surface area contributed by atoms with Gasteiger partial charge in [-0.1, -0.05) is 44.2 Å². The zero-order valence-electron chi connectivity index (χ0n) is 16.4. The van der Waals surface area contributed by atoms with E-state index < -0.39 is 22.8 Å². The molecule has 0 saturated heterocycles. The first-order valence-electron chi connectivity index (χ1n) is 9.77. The van der Waals surface area contributed by atoms with Crippen molar-refractivity contribution >= 4 is 28.5 Å². The summed E-state index contributed by atoms with van der Waals surface area (Å²) in [6, 6.07) is 10.8. The van der Waals surface area contributed by atoms with Crippen LogP contribution in [0, 0.1) is 16.7 Å². The highest BCUT2D eigenvalue weighted by Crippen LogP contribution is 2.60. The van der Waals surface area contributed by atoms with Gasteiger partial charge >= 0.3 is 11.9 Å². The van der Waals surface area contributed by atoms with Crippen molar-refractivity contribution in [3.05, 3.63) is 42.0 Å². The van der Waals surface area contributed by atoms with E-state index >= 15 is 0 Å². The van der Waals surface area contributed by atoms with E-state index in [9.17, 15) is 14.4 Å². The van der Waals surface area contributed by atoms with Gasteiger partial charge in [0.1, 0.15) is 11.0 Å². The minimum absolute atomic E-state index is 0.0424. The van der Waals surface area contributed by atoms with Gasteiger partial charge in [-0.15, -0.1) is 0 Å². The van der Waals surface area contributed by atoms with Crippen LogP contribution in [0.15, 0.2) is 36.4 Å². The topological polar surface area (TPSA) is 69.7 Å². The molecule has 0 N–H and O–H groups in total. The number of hydrogen-bond donors (Lipinski definition) is 0. The van der Waals surface area contributed by atoms with Crippen molar-refractivity contribution in [2.24, 2.45) is 16.7 Å². The predicted octanol–water partition coefficient (Wildman–Crippen LogP) is 4.32. The molecule has 2 bridgehead atoms. The van der Waals surface area contributed by atoms with E-state index in [0.29, 0.717) is 18.2 Å². The van der Waals surface area contributed by atoms with Crippen LogP contribution >= 0.6 is 0 Å². The molecule has 2 atom stereocenters. The van der Waals surface area contributed by atoms with Gasteiger partial charge < -0.3 is 9.47 Å². The lowest BCUT2D eigenvalue weighted by molar-refractivity contribution is -0.153. The zero-order valence-corrected chi connectivity index (χ0v) is 16.4. The summed E-state index contributed by atoms with van der Waals surface area (Å²) in [5, 5.41) is 1.50. The van der Waals surface area contributed by atoms with E-state index in [0.717, 1.165) is 11.8 Å². The molecular weight excluding hydrogens is 356 g/mol. The van der Waals surface area contributed by atoms with Gasteiger partial charge in [0, 0.05) is 10.8 Å². The lowest BCUT2D eigenvalue weighted by atomic mass is 9.71. The Hall–Kier alpha value is -2.69. The Morgan fingerprint density at radius 1 is 1.14 bits per heavy atom. The van der Waals surface area contributed by atoms with Crippen molar-refractivity contribution in [1.82, 2.24) is 0 Å². The minimum Gasteiger partial charge on any atom is -0.462 e. The third kappa shape index (κ3) is 2.56. The van der Waals surface area contributed by atoms with Crippen molar-refractivity contribution in [1.29, 1.82) is 0 Å². The van der Waals surface area contributed by atoms with E-state index in [1.807, 2.05) is 32.0 Å². The minimum atomic E-state index is -1.10. The Morgan fingerprint density at radius 3 is 2.57 bits per heavy atom. The number of rotatable bonds is 4. The Balaban J connectivity index is 1.77. The van der Waals surface area contributed by atoms with Gasteiger partial charge in [-0.3, -0.25) is 9.59 Å². The van der Waals surface area contributed by atoms with Crippen LogP contribution in [-0.2, 0) is 14.3 Å². The molecule has 2 aliphatic carbocycles. The average Bonchev–Trinajstić information content (AvgIpc) is 3.21. The number of carbonyl (C=O) groups is 3. The predicted molar refractivity (Wildman–Crippen MR) is 104 cm³/mol. The van der Waals surface area contributed by atoms with Crippen molar-refractivity contribution < 1.29 is 23.9 Å². The van der Waals surface area contributed by atoms with E-state index in [-0.39, 0.29) is 29.6 Å². The molecule has 2 aliphatic rings. The molecule has 0 amide bonds. The first kappa shape index (κ1) is 18.7. The summed E-state index contributed by atoms with van der Waals surface area (Å²) in [6.07, 6.45) is 1.88. The lowest BCUT2D eigenvalue weighted by Gasteiger charge is -2.32. The normalized spacial score (nSPS) is 25.1. The number of Topliss-reactive ketones (excluding diaryl/α,β-unsaturated/α-hetero) is 1. The average molecular weight is 380 g/mol. The van der Waals surface area contributed by atoms with Crippen molar-refractivity contribution in [3.63, 3.8) is 0 Å². The molecule has 5 heteroatoms. The Morgan fingerprint density at radius 2 is 1.89 bits per heavy atom. The monoisotopic (exact) mass is 380 g/mol. The van der Waals surface area contributed by atoms with Crippen LogP contribution < -0.4 is 4.74 Å². The summed E-state index contributed by atoms with van der Waals surface area (Å²) in [7, 11) is 0. The standard InChI is InChI=1S/C23H24O5/c1-4-27-19(24)17-10-9-14-7-5-6-8-16(14)18(17)28-21(26)23-12-11-15(13-23)22(2,3)20(23)25/h5-10,15H,4,11-13H2,1-3H3. The summed E-state index contributed by atoms with van der Waals surface area (Å²) >= 11 is 0. The second kappa shape index (κ2) is 6.43. The van der Waals surface area contributed by atoms with Crippen LogP contribution in [0.1, 0.15) is 50.4 Å². The summed E-state index contributed by atoms with van der Waals surface area (Å²) in [5.74, 6) is -0.760. The Labute approximate surface area is 164 Å². The Bertz CT molecular complexity index is 990. The fraction of sp³-hybridized carbons (Fsp3) is 0.435. The molecule has 2 saturated carbocycles. The molecule has 2 fully saturated rings. The highest BCUT2D eigenvalue weighted by Gasteiger charge is 2.66. The second-order valence-corrected chi connectivity index (χ2v) is 8.35. The van der Waals surface area contributed by atoms with Gasteiger partial charge in [0.05, 0.1) is 6.61 Å². The number of ketones is 1. The van der Waals surface area contributed by atoms with Crippen LogP contribution in [0.3, 0.4) is 0 Å². The summed E-state index contributed by atoms with van der Waals surface area (Å²) in [5.41, 5.74) is -1.42. The van der Waals surface area contributed by atoms with E-state index in [2.05, 4.69) is 0 Å². The van der Waals surface area contributed by atoms with Crippen LogP contribution in [0.4, 0.5) is 0 Å². The van der Waals surface area contributed by atoms with Crippen LogP contribution in [0.25, 0.3) is 10.8 Å². The molecule has 0 aliphatic heterocycles. The van der Waals surface area contributed by atoms with Gasteiger partial charge in [-0.2, -0.15) is 0 Å². The largest absolute Gasteiger partial charge is 0.462 e. The SMILES string of the molecule is CCOC(=O)c1ccc2ccccc2c1OC(=O)C12CCC(C1)C(C)(C)C2=O. The maximum atomic E-state index is 13.3. The molecule has 0 heterocycles. The molecule has 146 valence electrons. The molecule has 0 aromatic heterocycles.